The molecule has 7 nitrogen and oxygen atoms in total. The maximum atomic E-state index is 13.0. The number of carbonyl (C=O) groups is 2. The second kappa shape index (κ2) is 11.6. The second-order valence-corrected chi connectivity index (χ2v) is 8.51. The van der Waals surface area contributed by atoms with Crippen molar-refractivity contribution < 1.29 is 22.8 Å². The number of halogens is 3. The van der Waals surface area contributed by atoms with Crippen molar-refractivity contribution >= 4 is 23.4 Å². The van der Waals surface area contributed by atoms with Crippen LogP contribution in [0.15, 0.2) is 91.0 Å². The van der Waals surface area contributed by atoms with E-state index in [0.717, 1.165) is 23.4 Å². The van der Waals surface area contributed by atoms with Crippen LogP contribution in [0.4, 0.5) is 29.5 Å². The molecule has 0 bridgehead atoms. The summed E-state index contributed by atoms with van der Waals surface area (Å²) in [5.41, 5.74) is 1.36. The lowest BCUT2D eigenvalue weighted by Gasteiger charge is -2.22. The molecule has 3 amide bonds. The zero-order valence-corrected chi connectivity index (χ0v) is 20.6. The topological polar surface area (TPSA) is 79.3 Å². The first-order valence-electron chi connectivity index (χ1n) is 12.0. The molecule has 0 aliphatic rings. The maximum absolute atomic E-state index is 13.0. The van der Waals surface area contributed by atoms with Gasteiger partial charge in [-0.2, -0.15) is 18.3 Å². The molecule has 1 heterocycles. The van der Waals surface area contributed by atoms with Crippen LogP contribution in [0.1, 0.15) is 18.9 Å². The summed E-state index contributed by atoms with van der Waals surface area (Å²) in [4.78, 5) is 27.2. The number of rotatable bonds is 8. The van der Waals surface area contributed by atoms with Crippen molar-refractivity contribution in [2.75, 3.05) is 23.7 Å². The zero-order chi connectivity index (χ0) is 27.1. The molecule has 0 radical (unpaired) electrons. The lowest BCUT2D eigenvalue weighted by Crippen LogP contribution is -2.41. The van der Waals surface area contributed by atoms with E-state index in [1.165, 1.54) is 17.0 Å². The van der Waals surface area contributed by atoms with E-state index in [-0.39, 0.29) is 18.8 Å². The van der Waals surface area contributed by atoms with Crippen LogP contribution in [0.25, 0.3) is 16.9 Å². The quantitative estimate of drug-likeness (QED) is 0.280. The summed E-state index contributed by atoms with van der Waals surface area (Å²) >= 11 is 0. The average molecular weight is 522 g/mol. The number of nitrogens with one attached hydrogen (secondary N) is 2. The molecule has 0 spiro atoms. The highest BCUT2D eigenvalue weighted by Crippen LogP contribution is 2.30. The van der Waals surface area contributed by atoms with E-state index in [0.29, 0.717) is 17.9 Å². The summed E-state index contributed by atoms with van der Waals surface area (Å²) in [6.45, 7) is 1.75. The Kier molecular flexibility index (Phi) is 8.10. The van der Waals surface area contributed by atoms with Gasteiger partial charge >= 0.3 is 12.2 Å². The van der Waals surface area contributed by atoms with Gasteiger partial charge in [-0.1, -0.05) is 61.5 Å². The first-order chi connectivity index (χ1) is 18.2. The van der Waals surface area contributed by atoms with Crippen molar-refractivity contribution in [2.45, 2.75) is 19.5 Å². The largest absolute Gasteiger partial charge is 0.416 e. The normalized spacial score (nSPS) is 11.2. The summed E-state index contributed by atoms with van der Waals surface area (Å²) in [6.07, 6.45) is -3.99. The summed E-state index contributed by atoms with van der Waals surface area (Å²) in [6, 6.07) is 24.2. The molecule has 0 aliphatic heterocycles. The number of hydrogen-bond donors (Lipinski definition) is 2. The molecule has 196 valence electrons. The van der Waals surface area contributed by atoms with Gasteiger partial charge in [0.05, 0.1) is 16.9 Å². The van der Waals surface area contributed by atoms with Gasteiger partial charge in [-0.15, -0.1) is 0 Å². The van der Waals surface area contributed by atoms with Crippen molar-refractivity contribution in [3.8, 4) is 16.9 Å². The van der Waals surface area contributed by atoms with Crippen LogP contribution in [-0.4, -0.2) is 39.7 Å². The molecular formula is C28H26F3N5O2. The number of alkyl halides is 3. The first kappa shape index (κ1) is 26.5. The van der Waals surface area contributed by atoms with Gasteiger partial charge in [0.25, 0.3) is 0 Å². The molecule has 4 rings (SSSR count). The Bertz CT molecular complexity index is 1390. The minimum absolute atomic E-state index is 0.0130. The lowest BCUT2D eigenvalue weighted by molar-refractivity contribution is -0.137. The molecule has 38 heavy (non-hydrogen) atoms. The van der Waals surface area contributed by atoms with Gasteiger partial charge < -0.3 is 15.5 Å². The van der Waals surface area contributed by atoms with Crippen LogP contribution >= 0.6 is 0 Å². The molecule has 1 aromatic heterocycles. The summed E-state index contributed by atoms with van der Waals surface area (Å²) in [7, 11) is 0. The maximum Gasteiger partial charge on any atom is 0.416 e. The van der Waals surface area contributed by atoms with E-state index >= 15 is 0 Å². The van der Waals surface area contributed by atoms with E-state index in [1.807, 2.05) is 67.6 Å². The van der Waals surface area contributed by atoms with Gasteiger partial charge in [0, 0.05) is 23.9 Å². The van der Waals surface area contributed by atoms with Crippen LogP contribution in [0, 0.1) is 0 Å². The Morgan fingerprint density at radius 2 is 1.58 bits per heavy atom. The Morgan fingerprint density at radius 1 is 0.895 bits per heavy atom. The Labute approximate surface area is 217 Å². The van der Waals surface area contributed by atoms with Crippen LogP contribution in [0.5, 0.6) is 0 Å². The van der Waals surface area contributed by atoms with Crippen molar-refractivity contribution in [3.63, 3.8) is 0 Å². The summed E-state index contributed by atoms with van der Waals surface area (Å²) in [5.74, 6) is -0.0656. The monoisotopic (exact) mass is 521 g/mol. The molecule has 0 fully saturated rings. The molecule has 3 aromatic carbocycles. The van der Waals surface area contributed by atoms with Crippen LogP contribution in [0.3, 0.4) is 0 Å². The zero-order valence-electron chi connectivity index (χ0n) is 20.6. The molecule has 0 unspecified atom stereocenters. The number of nitrogens with zero attached hydrogens (tertiary/aromatic N) is 3. The minimum Gasteiger partial charge on any atom is -0.315 e. The SMILES string of the molecule is CCCN(CC(=O)Nc1cc(-c2ccccc2)nn1-c1ccccc1)C(=O)Nc1cccc(C(F)(F)F)c1. The van der Waals surface area contributed by atoms with E-state index in [4.69, 9.17) is 0 Å². The molecule has 0 saturated heterocycles. The highest BCUT2D eigenvalue weighted by Gasteiger charge is 2.30. The van der Waals surface area contributed by atoms with Gasteiger partial charge in [-0.25, -0.2) is 9.48 Å². The Morgan fingerprint density at radius 3 is 2.24 bits per heavy atom. The van der Waals surface area contributed by atoms with Crippen LogP contribution < -0.4 is 10.6 Å². The number of para-hydroxylation sites is 1. The number of hydrogen-bond acceptors (Lipinski definition) is 3. The molecule has 0 atom stereocenters. The van der Waals surface area contributed by atoms with E-state index in [1.54, 1.807) is 10.7 Å². The minimum atomic E-state index is -4.54. The lowest BCUT2D eigenvalue weighted by atomic mass is 10.1. The third kappa shape index (κ3) is 6.58. The van der Waals surface area contributed by atoms with E-state index in [2.05, 4.69) is 15.7 Å². The third-order valence-electron chi connectivity index (χ3n) is 5.60. The molecule has 0 saturated carbocycles. The number of anilines is 2. The van der Waals surface area contributed by atoms with E-state index in [9.17, 15) is 22.8 Å². The average Bonchev–Trinajstić information content (AvgIpc) is 3.32. The van der Waals surface area contributed by atoms with Crippen molar-refractivity contribution in [2.24, 2.45) is 0 Å². The standard InChI is InChI=1S/C28H26F3N5O2/c1-2-16-35(27(38)32-22-13-9-12-21(17-22)28(29,30)31)19-26(37)33-25-18-24(20-10-5-3-6-11-20)34-36(25)23-14-7-4-8-15-23/h3-15,17-18H,2,16,19H2,1H3,(H,32,38)(H,33,37). The number of aromatic nitrogens is 2. The number of amides is 3. The molecular weight excluding hydrogens is 495 g/mol. The highest BCUT2D eigenvalue weighted by atomic mass is 19.4. The highest BCUT2D eigenvalue weighted by molar-refractivity contribution is 5.97. The van der Waals surface area contributed by atoms with Gasteiger partial charge in [0.15, 0.2) is 0 Å². The smallest absolute Gasteiger partial charge is 0.315 e. The molecule has 4 aromatic rings. The van der Waals surface area contributed by atoms with E-state index < -0.39 is 23.7 Å². The second-order valence-electron chi connectivity index (χ2n) is 8.51. The van der Waals surface area contributed by atoms with Gasteiger partial charge in [0.1, 0.15) is 12.4 Å². The van der Waals surface area contributed by atoms with Gasteiger partial charge in [0.2, 0.25) is 5.91 Å². The molecule has 10 heteroatoms. The molecule has 2 N–H and O–H groups in total. The summed E-state index contributed by atoms with van der Waals surface area (Å²) < 4.78 is 40.7. The van der Waals surface area contributed by atoms with Crippen LogP contribution in [0.2, 0.25) is 0 Å². The fourth-order valence-electron chi connectivity index (χ4n) is 3.84. The predicted octanol–water partition coefficient (Wildman–Crippen LogP) is 6.44. The third-order valence-corrected chi connectivity index (χ3v) is 5.60. The Balaban J connectivity index is 1.52. The van der Waals surface area contributed by atoms with Crippen molar-refractivity contribution in [1.82, 2.24) is 14.7 Å². The number of benzene rings is 3. The fourth-order valence-corrected chi connectivity index (χ4v) is 3.84. The number of carbonyl (C=O) groups excluding carboxylic acids is 2. The van der Waals surface area contributed by atoms with Crippen molar-refractivity contribution in [3.05, 3.63) is 96.6 Å². The Hall–Kier alpha value is -4.60. The van der Waals surface area contributed by atoms with Gasteiger partial charge in [-0.3, -0.25) is 4.79 Å². The summed E-state index contributed by atoms with van der Waals surface area (Å²) in [5, 5.41) is 9.94. The fraction of sp³-hybridized carbons (Fsp3) is 0.179. The number of urea groups is 1. The van der Waals surface area contributed by atoms with Crippen LogP contribution in [-0.2, 0) is 11.0 Å². The predicted molar refractivity (Wildman–Crippen MR) is 140 cm³/mol. The molecule has 0 aliphatic carbocycles. The van der Waals surface area contributed by atoms with Gasteiger partial charge in [-0.05, 0) is 36.8 Å². The first-order valence-corrected chi connectivity index (χ1v) is 12.0. The van der Waals surface area contributed by atoms with Crippen molar-refractivity contribution in [1.29, 1.82) is 0 Å².